The zero-order valence-electron chi connectivity index (χ0n) is 15.4. The lowest BCUT2D eigenvalue weighted by Gasteiger charge is -2.17. The molecule has 0 spiro atoms. The van der Waals surface area contributed by atoms with Gasteiger partial charge in [0, 0.05) is 9.50 Å². The number of ether oxygens (including phenoxy) is 2. The van der Waals surface area contributed by atoms with Gasteiger partial charge in [-0.1, -0.05) is 39.1 Å². The van der Waals surface area contributed by atoms with Gasteiger partial charge in [-0.05, 0) is 57.2 Å². The molecule has 0 aromatic heterocycles. The molecule has 1 atom stereocenters. The molecular formula is C19H19BrCl2N2O4. The average molecular weight is 490 g/mol. The van der Waals surface area contributed by atoms with Crippen LogP contribution >= 0.6 is 39.1 Å². The van der Waals surface area contributed by atoms with Crippen molar-refractivity contribution >= 4 is 50.9 Å². The van der Waals surface area contributed by atoms with Gasteiger partial charge >= 0.3 is 0 Å². The highest BCUT2D eigenvalue weighted by atomic mass is 79.9. The normalized spacial score (nSPS) is 11.7. The van der Waals surface area contributed by atoms with E-state index in [0.29, 0.717) is 21.0 Å². The second kappa shape index (κ2) is 10.0. The minimum atomic E-state index is -0.909. The van der Waals surface area contributed by atoms with Crippen LogP contribution in [-0.4, -0.2) is 24.0 Å². The van der Waals surface area contributed by atoms with Gasteiger partial charge in [-0.15, -0.1) is 0 Å². The number of benzene rings is 2. The van der Waals surface area contributed by atoms with E-state index in [4.69, 9.17) is 32.7 Å². The Morgan fingerprint density at radius 1 is 0.964 bits per heavy atom. The fraction of sp³-hybridized carbons (Fsp3) is 0.263. The molecule has 0 aliphatic rings. The maximum absolute atomic E-state index is 12.5. The zero-order chi connectivity index (χ0) is 20.8. The summed E-state index contributed by atoms with van der Waals surface area (Å²) >= 11 is 15.2. The molecule has 0 radical (unpaired) electrons. The molecule has 2 N–H and O–H groups in total. The smallest absolute Gasteiger partial charge is 0.279 e. The van der Waals surface area contributed by atoms with Crippen LogP contribution in [0.3, 0.4) is 0 Å². The molecule has 2 amide bonds. The quantitative estimate of drug-likeness (QED) is 0.573. The predicted molar refractivity (Wildman–Crippen MR) is 112 cm³/mol. The van der Waals surface area contributed by atoms with Gasteiger partial charge in [0.1, 0.15) is 11.5 Å². The Bertz CT molecular complexity index is 877. The van der Waals surface area contributed by atoms with Crippen LogP contribution in [0.25, 0.3) is 0 Å². The molecule has 2 rings (SSSR count). The van der Waals surface area contributed by atoms with Gasteiger partial charge in [-0.2, -0.15) is 0 Å². The first kappa shape index (κ1) is 22.3. The van der Waals surface area contributed by atoms with Crippen LogP contribution in [0.4, 0.5) is 0 Å². The van der Waals surface area contributed by atoms with Gasteiger partial charge in [0.2, 0.25) is 0 Å². The third kappa shape index (κ3) is 6.29. The topological polar surface area (TPSA) is 76.7 Å². The van der Waals surface area contributed by atoms with E-state index in [-0.39, 0.29) is 16.7 Å². The number of rotatable bonds is 6. The van der Waals surface area contributed by atoms with Crippen LogP contribution in [0.15, 0.2) is 40.9 Å². The molecule has 0 aliphatic carbocycles. The molecule has 9 heteroatoms. The van der Waals surface area contributed by atoms with Gasteiger partial charge in [-0.3, -0.25) is 20.4 Å². The maximum atomic E-state index is 12.5. The third-order valence-corrected chi connectivity index (χ3v) is 4.44. The van der Waals surface area contributed by atoms with E-state index < -0.39 is 17.9 Å². The van der Waals surface area contributed by atoms with Crippen LogP contribution in [0, 0.1) is 0 Å². The second-order valence-electron chi connectivity index (χ2n) is 6.09. The first-order valence-electron chi connectivity index (χ1n) is 8.35. The van der Waals surface area contributed by atoms with Gasteiger partial charge < -0.3 is 9.47 Å². The summed E-state index contributed by atoms with van der Waals surface area (Å²) in [5.74, 6) is -0.371. The van der Waals surface area contributed by atoms with Gasteiger partial charge in [-0.25, -0.2) is 0 Å². The number of hydrazine groups is 1. The fourth-order valence-electron chi connectivity index (χ4n) is 2.14. The van der Waals surface area contributed by atoms with E-state index in [0.717, 1.165) is 0 Å². The number of halogens is 3. The molecule has 150 valence electrons. The monoisotopic (exact) mass is 488 g/mol. The van der Waals surface area contributed by atoms with Gasteiger partial charge in [0.15, 0.2) is 6.10 Å². The van der Waals surface area contributed by atoms with Crippen molar-refractivity contribution in [1.82, 2.24) is 10.9 Å². The Kier molecular flexibility index (Phi) is 7.98. The van der Waals surface area contributed by atoms with E-state index >= 15 is 0 Å². The SMILES string of the molecule is CC(C)Oc1ccc(Br)cc1C(=O)NNC(=O)C(C)Oc1ccc(Cl)cc1Cl. The largest absolute Gasteiger partial charge is 0.490 e. The van der Waals surface area contributed by atoms with Crippen molar-refractivity contribution < 1.29 is 19.1 Å². The molecule has 0 fully saturated rings. The third-order valence-electron chi connectivity index (χ3n) is 3.42. The summed E-state index contributed by atoms with van der Waals surface area (Å²) in [5.41, 5.74) is 4.96. The Labute approximate surface area is 181 Å². The minimum Gasteiger partial charge on any atom is -0.490 e. The van der Waals surface area contributed by atoms with Crippen molar-refractivity contribution in [2.75, 3.05) is 0 Å². The summed E-state index contributed by atoms with van der Waals surface area (Å²) in [6.07, 6.45) is -1.02. The summed E-state index contributed by atoms with van der Waals surface area (Å²) in [6.45, 7) is 5.23. The number of hydrogen-bond acceptors (Lipinski definition) is 4. The Hall–Kier alpha value is -1.96. The summed E-state index contributed by atoms with van der Waals surface area (Å²) < 4.78 is 11.8. The molecule has 1 unspecified atom stereocenters. The van der Waals surface area contributed by atoms with Crippen LogP contribution < -0.4 is 20.3 Å². The van der Waals surface area contributed by atoms with Gasteiger partial charge in [0.05, 0.1) is 16.7 Å². The first-order valence-corrected chi connectivity index (χ1v) is 9.90. The Morgan fingerprint density at radius 3 is 2.29 bits per heavy atom. The van der Waals surface area contributed by atoms with Crippen molar-refractivity contribution in [2.45, 2.75) is 33.0 Å². The van der Waals surface area contributed by atoms with E-state index in [1.54, 1.807) is 30.3 Å². The number of hydrogen-bond donors (Lipinski definition) is 2. The lowest BCUT2D eigenvalue weighted by molar-refractivity contribution is -0.128. The lowest BCUT2D eigenvalue weighted by atomic mass is 10.2. The van der Waals surface area contributed by atoms with E-state index in [1.807, 2.05) is 13.8 Å². The molecule has 0 aliphatic heterocycles. The van der Waals surface area contributed by atoms with Crippen molar-refractivity contribution in [3.05, 3.63) is 56.5 Å². The highest BCUT2D eigenvalue weighted by molar-refractivity contribution is 9.10. The molecule has 28 heavy (non-hydrogen) atoms. The maximum Gasteiger partial charge on any atom is 0.279 e. The highest BCUT2D eigenvalue weighted by Gasteiger charge is 2.19. The van der Waals surface area contributed by atoms with Crippen LogP contribution in [0.2, 0.25) is 10.0 Å². The first-order chi connectivity index (χ1) is 13.2. The molecule has 0 saturated carbocycles. The Balaban J connectivity index is 2.00. The summed E-state index contributed by atoms with van der Waals surface area (Å²) in [5, 5.41) is 0.732. The predicted octanol–water partition coefficient (Wildman–Crippen LogP) is 4.77. The van der Waals surface area contributed by atoms with Crippen molar-refractivity contribution in [1.29, 1.82) is 0 Å². The molecule has 2 aromatic rings. The van der Waals surface area contributed by atoms with Crippen molar-refractivity contribution in [3.8, 4) is 11.5 Å². The van der Waals surface area contributed by atoms with Crippen molar-refractivity contribution in [3.63, 3.8) is 0 Å². The summed E-state index contributed by atoms with van der Waals surface area (Å²) in [6, 6.07) is 9.71. The molecule has 6 nitrogen and oxygen atoms in total. The highest BCUT2D eigenvalue weighted by Crippen LogP contribution is 2.28. The molecule has 0 bridgehead atoms. The van der Waals surface area contributed by atoms with Gasteiger partial charge in [0.25, 0.3) is 11.8 Å². The number of amides is 2. The van der Waals surface area contributed by atoms with Crippen LogP contribution in [-0.2, 0) is 4.79 Å². The molecule has 0 saturated heterocycles. The lowest BCUT2D eigenvalue weighted by Crippen LogP contribution is -2.47. The standard InChI is InChI=1S/C19H19BrCl2N2O4/c1-10(2)27-16-6-4-12(20)8-14(16)19(26)24-23-18(25)11(3)28-17-7-5-13(21)9-15(17)22/h4-11H,1-3H3,(H,23,25)(H,24,26). The number of nitrogens with one attached hydrogen (secondary N) is 2. The summed E-state index contributed by atoms with van der Waals surface area (Å²) in [7, 11) is 0. The molecule has 0 heterocycles. The second-order valence-corrected chi connectivity index (χ2v) is 7.84. The Morgan fingerprint density at radius 2 is 1.64 bits per heavy atom. The van der Waals surface area contributed by atoms with E-state index in [2.05, 4.69) is 26.8 Å². The van der Waals surface area contributed by atoms with Crippen LogP contribution in [0.1, 0.15) is 31.1 Å². The zero-order valence-corrected chi connectivity index (χ0v) is 18.5. The van der Waals surface area contributed by atoms with E-state index in [9.17, 15) is 9.59 Å². The molecular weight excluding hydrogens is 471 g/mol. The van der Waals surface area contributed by atoms with Crippen LogP contribution in [0.5, 0.6) is 11.5 Å². The number of carbonyl (C=O) groups is 2. The molecule has 2 aromatic carbocycles. The number of carbonyl (C=O) groups excluding carboxylic acids is 2. The summed E-state index contributed by atoms with van der Waals surface area (Å²) in [4.78, 5) is 24.7. The fourth-order valence-corrected chi connectivity index (χ4v) is 2.95. The average Bonchev–Trinajstić information content (AvgIpc) is 2.62. The van der Waals surface area contributed by atoms with E-state index in [1.165, 1.54) is 13.0 Å². The van der Waals surface area contributed by atoms with Crippen molar-refractivity contribution in [2.24, 2.45) is 0 Å². The minimum absolute atomic E-state index is 0.111.